The first kappa shape index (κ1) is 19.1. The Morgan fingerprint density at radius 1 is 0.967 bits per heavy atom. The van der Waals surface area contributed by atoms with E-state index in [1.54, 1.807) is 11.3 Å². The summed E-state index contributed by atoms with van der Waals surface area (Å²) in [4.78, 5) is 17.2. The molecule has 4 nitrogen and oxygen atoms in total. The molecule has 0 saturated carbocycles. The number of amides is 1. The molecular weight excluding hydrogens is 394 g/mol. The zero-order valence-electron chi connectivity index (χ0n) is 16.6. The molecule has 3 aromatic rings. The van der Waals surface area contributed by atoms with E-state index < -0.39 is 0 Å². The number of morpholine rings is 1. The smallest absolute Gasteiger partial charge is 0.411 e. The fourth-order valence-corrected chi connectivity index (χ4v) is 5.17. The van der Waals surface area contributed by atoms with Crippen molar-refractivity contribution in [1.29, 1.82) is 0 Å². The molecule has 2 atom stereocenters. The largest absolute Gasteiger partial charge is 0.445 e. The fraction of sp³-hybridized carbons (Fsp3) is 0.240. The van der Waals surface area contributed by atoms with Gasteiger partial charge in [0.05, 0.1) is 25.3 Å². The number of thiophene rings is 1. The minimum atomic E-state index is -0.261. The van der Waals surface area contributed by atoms with Crippen LogP contribution in [-0.4, -0.2) is 36.3 Å². The molecule has 152 valence electrons. The fourth-order valence-electron chi connectivity index (χ4n) is 4.13. The zero-order chi connectivity index (χ0) is 20.3. The molecule has 1 aromatic heterocycles. The minimum Gasteiger partial charge on any atom is -0.445 e. The van der Waals surface area contributed by atoms with Gasteiger partial charge in [-0.05, 0) is 35.3 Å². The summed E-state index contributed by atoms with van der Waals surface area (Å²) < 4.78 is 11.4. The maximum Gasteiger partial charge on any atom is 0.411 e. The Morgan fingerprint density at radius 3 is 2.47 bits per heavy atom. The Balaban J connectivity index is 1.32. The molecule has 2 unspecified atom stereocenters. The molecular formula is C25H23NO3S. The van der Waals surface area contributed by atoms with Crippen molar-refractivity contribution in [1.82, 2.24) is 4.90 Å². The van der Waals surface area contributed by atoms with Crippen LogP contribution in [0.1, 0.15) is 16.9 Å². The average Bonchev–Trinajstić information content (AvgIpc) is 3.28. The average molecular weight is 418 g/mol. The lowest BCUT2D eigenvalue weighted by Crippen LogP contribution is -2.56. The van der Waals surface area contributed by atoms with Crippen molar-refractivity contribution >= 4 is 23.0 Å². The lowest BCUT2D eigenvalue weighted by Gasteiger charge is -2.43. The number of ether oxygens (including phenoxy) is 2. The molecule has 0 aliphatic carbocycles. The second-order valence-corrected chi connectivity index (χ2v) is 8.72. The van der Waals surface area contributed by atoms with Crippen LogP contribution in [0.25, 0.3) is 16.0 Å². The molecule has 2 bridgehead atoms. The molecule has 0 N–H and O–H groups in total. The van der Waals surface area contributed by atoms with Crippen LogP contribution in [0.3, 0.4) is 0 Å². The van der Waals surface area contributed by atoms with Gasteiger partial charge in [-0.3, -0.25) is 4.90 Å². The molecule has 0 radical (unpaired) electrons. The van der Waals surface area contributed by atoms with Gasteiger partial charge >= 0.3 is 6.09 Å². The predicted octanol–water partition coefficient (Wildman–Crippen LogP) is 5.61. The van der Waals surface area contributed by atoms with Gasteiger partial charge in [0.25, 0.3) is 0 Å². The van der Waals surface area contributed by atoms with E-state index in [9.17, 15) is 4.79 Å². The van der Waals surface area contributed by atoms with Crippen LogP contribution in [0.15, 0.2) is 78.9 Å². The highest BCUT2D eigenvalue weighted by Gasteiger charge is 2.39. The van der Waals surface area contributed by atoms with Crippen LogP contribution in [0.2, 0.25) is 0 Å². The van der Waals surface area contributed by atoms with Gasteiger partial charge in [0, 0.05) is 9.75 Å². The first-order valence-corrected chi connectivity index (χ1v) is 11.0. The Morgan fingerprint density at radius 2 is 1.70 bits per heavy atom. The van der Waals surface area contributed by atoms with Crippen LogP contribution >= 0.6 is 11.3 Å². The van der Waals surface area contributed by atoms with Gasteiger partial charge in [-0.2, -0.15) is 0 Å². The van der Waals surface area contributed by atoms with E-state index in [1.165, 1.54) is 20.9 Å². The maximum absolute atomic E-state index is 12.8. The Labute approximate surface area is 180 Å². The SMILES string of the molecule is O=C(OCc1ccccc1)N1C2C=C(c3ccc(-c4ccccc4)s3)CC1COC2. The molecule has 1 saturated heterocycles. The van der Waals surface area contributed by atoms with Gasteiger partial charge in [0.1, 0.15) is 6.61 Å². The summed E-state index contributed by atoms with van der Waals surface area (Å²) in [5.74, 6) is 0. The van der Waals surface area contributed by atoms with E-state index in [0.29, 0.717) is 19.8 Å². The molecule has 2 aromatic carbocycles. The summed E-state index contributed by atoms with van der Waals surface area (Å²) in [5.41, 5.74) is 3.53. The van der Waals surface area contributed by atoms with Crippen LogP contribution in [-0.2, 0) is 16.1 Å². The quantitative estimate of drug-likeness (QED) is 0.554. The molecule has 1 fully saturated rings. The number of hydrogen-bond acceptors (Lipinski definition) is 4. The molecule has 2 aliphatic heterocycles. The number of rotatable bonds is 4. The molecule has 5 heteroatoms. The standard InChI is InChI=1S/C25H23NO3S/c27-25(29-15-18-7-3-1-4-8-18)26-21-13-20(14-22(26)17-28-16-21)24-12-11-23(30-24)19-9-5-2-6-10-19/h1-13,21-22H,14-17H2. The van der Waals surface area contributed by atoms with Crippen LogP contribution < -0.4 is 0 Å². The third-order valence-corrected chi connectivity index (χ3v) is 6.81. The summed E-state index contributed by atoms with van der Waals surface area (Å²) in [7, 11) is 0. The normalized spacial score (nSPS) is 20.5. The van der Waals surface area contributed by atoms with Crippen molar-refractivity contribution in [2.75, 3.05) is 13.2 Å². The van der Waals surface area contributed by atoms with Gasteiger partial charge in [-0.25, -0.2) is 4.79 Å². The zero-order valence-corrected chi connectivity index (χ0v) is 17.4. The second kappa shape index (κ2) is 8.46. The third kappa shape index (κ3) is 3.91. The van der Waals surface area contributed by atoms with Gasteiger partial charge in [0.2, 0.25) is 0 Å². The number of carbonyl (C=O) groups is 1. The van der Waals surface area contributed by atoms with E-state index in [4.69, 9.17) is 9.47 Å². The van der Waals surface area contributed by atoms with Crippen molar-refractivity contribution in [2.45, 2.75) is 25.1 Å². The van der Waals surface area contributed by atoms with Crippen molar-refractivity contribution in [3.63, 3.8) is 0 Å². The highest BCUT2D eigenvalue weighted by Crippen LogP contribution is 2.38. The molecule has 1 amide bonds. The number of fused-ring (bicyclic) bond motifs is 2. The molecule has 2 aliphatic rings. The van der Waals surface area contributed by atoms with Crippen molar-refractivity contribution in [3.05, 3.63) is 89.3 Å². The lowest BCUT2D eigenvalue weighted by molar-refractivity contribution is -0.0341. The number of nitrogens with zero attached hydrogens (tertiary/aromatic N) is 1. The maximum atomic E-state index is 12.8. The molecule has 5 rings (SSSR count). The van der Waals surface area contributed by atoms with Gasteiger partial charge < -0.3 is 9.47 Å². The minimum absolute atomic E-state index is 0.00861. The highest BCUT2D eigenvalue weighted by molar-refractivity contribution is 7.16. The van der Waals surface area contributed by atoms with Crippen molar-refractivity contribution in [3.8, 4) is 10.4 Å². The summed E-state index contributed by atoms with van der Waals surface area (Å²) >= 11 is 1.80. The second-order valence-electron chi connectivity index (χ2n) is 7.63. The van der Waals surface area contributed by atoms with Crippen molar-refractivity contribution < 1.29 is 14.3 Å². The van der Waals surface area contributed by atoms with Crippen molar-refractivity contribution in [2.24, 2.45) is 0 Å². The first-order chi connectivity index (χ1) is 14.8. The number of hydrogen-bond donors (Lipinski definition) is 0. The summed E-state index contributed by atoms with van der Waals surface area (Å²) in [5, 5.41) is 0. The topological polar surface area (TPSA) is 38.8 Å². The summed E-state index contributed by atoms with van der Waals surface area (Å²) in [6.07, 6.45) is 2.70. The van der Waals surface area contributed by atoms with E-state index in [0.717, 1.165) is 12.0 Å². The van der Waals surface area contributed by atoms with E-state index in [2.05, 4.69) is 42.5 Å². The monoisotopic (exact) mass is 417 g/mol. The molecule has 30 heavy (non-hydrogen) atoms. The van der Waals surface area contributed by atoms with Gasteiger partial charge in [0.15, 0.2) is 0 Å². The Kier molecular flexibility index (Phi) is 5.39. The van der Waals surface area contributed by atoms with E-state index in [1.807, 2.05) is 41.3 Å². The van der Waals surface area contributed by atoms with Crippen LogP contribution in [0, 0.1) is 0 Å². The number of carbonyl (C=O) groups excluding carboxylic acids is 1. The van der Waals surface area contributed by atoms with Crippen LogP contribution in [0.5, 0.6) is 0 Å². The lowest BCUT2D eigenvalue weighted by atomic mass is 9.93. The van der Waals surface area contributed by atoms with E-state index >= 15 is 0 Å². The molecule has 3 heterocycles. The first-order valence-electron chi connectivity index (χ1n) is 10.2. The highest BCUT2D eigenvalue weighted by atomic mass is 32.1. The summed E-state index contributed by atoms with van der Waals surface area (Å²) in [6.45, 7) is 1.35. The van der Waals surface area contributed by atoms with E-state index in [-0.39, 0.29) is 18.2 Å². The molecule has 0 spiro atoms. The third-order valence-electron chi connectivity index (χ3n) is 5.60. The predicted molar refractivity (Wildman–Crippen MR) is 119 cm³/mol. The Hall–Kier alpha value is -2.89. The van der Waals surface area contributed by atoms with Gasteiger partial charge in [-0.1, -0.05) is 66.7 Å². The summed E-state index contributed by atoms with van der Waals surface area (Å²) in [6, 6.07) is 24.5. The van der Waals surface area contributed by atoms with Crippen LogP contribution in [0.4, 0.5) is 4.79 Å². The number of benzene rings is 2. The Bertz CT molecular complexity index is 1040. The van der Waals surface area contributed by atoms with Gasteiger partial charge in [-0.15, -0.1) is 11.3 Å².